The quantitative estimate of drug-likeness (QED) is 0.755. The maximum atomic E-state index is 11.5. The van der Waals surface area contributed by atoms with Crippen LogP contribution in [0.5, 0.6) is 0 Å². The van der Waals surface area contributed by atoms with Crippen molar-refractivity contribution in [3.63, 3.8) is 0 Å². The summed E-state index contributed by atoms with van der Waals surface area (Å²) in [5.41, 5.74) is 0. The van der Waals surface area contributed by atoms with Gasteiger partial charge < -0.3 is 10.6 Å². The van der Waals surface area contributed by atoms with Gasteiger partial charge in [0.25, 0.3) is 0 Å². The van der Waals surface area contributed by atoms with Gasteiger partial charge >= 0.3 is 0 Å². The van der Waals surface area contributed by atoms with Crippen LogP contribution in [0, 0.1) is 0 Å². The van der Waals surface area contributed by atoms with Crippen molar-refractivity contribution in [1.29, 1.82) is 0 Å². The second-order valence-corrected chi connectivity index (χ2v) is 4.68. The molecule has 1 aliphatic carbocycles. The Morgan fingerprint density at radius 3 is 2.31 bits per heavy atom. The normalized spacial score (nSPS) is 22.6. The number of rotatable bonds is 4. The second kappa shape index (κ2) is 6.42. The van der Waals surface area contributed by atoms with Crippen molar-refractivity contribution in [2.24, 2.45) is 0 Å². The van der Waals surface area contributed by atoms with Gasteiger partial charge in [-0.3, -0.25) is 9.69 Å². The number of hydrogen-bond donors (Lipinski definition) is 2. The highest BCUT2D eigenvalue weighted by Gasteiger charge is 2.25. The third-order valence-corrected chi connectivity index (χ3v) is 3.31. The smallest absolute Gasteiger partial charge is 0.234 e. The summed E-state index contributed by atoms with van der Waals surface area (Å²) in [5, 5.41) is 6.32. The summed E-state index contributed by atoms with van der Waals surface area (Å²) in [4.78, 5) is 13.8. The molecule has 2 N–H and O–H groups in total. The molecular formula is C11H22ClN3O. The number of likely N-dealkylation sites (tertiary alicyclic amines) is 1. The first kappa shape index (κ1) is 13.7. The van der Waals surface area contributed by atoms with Gasteiger partial charge in [0.2, 0.25) is 5.91 Å². The Labute approximate surface area is 104 Å². The molecule has 2 rings (SSSR count). The van der Waals surface area contributed by atoms with Crippen molar-refractivity contribution >= 4 is 18.3 Å². The number of halogens is 1. The maximum Gasteiger partial charge on any atom is 0.234 e. The summed E-state index contributed by atoms with van der Waals surface area (Å²) in [6.07, 6.45) is 4.67. The first-order chi connectivity index (χ1) is 7.28. The lowest BCUT2D eigenvalue weighted by Crippen LogP contribution is -2.45. The molecule has 5 heteroatoms. The van der Waals surface area contributed by atoms with E-state index in [1.54, 1.807) is 0 Å². The van der Waals surface area contributed by atoms with Crippen LogP contribution in [0.15, 0.2) is 0 Å². The summed E-state index contributed by atoms with van der Waals surface area (Å²) >= 11 is 0. The molecule has 2 fully saturated rings. The van der Waals surface area contributed by atoms with Crippen LogP contribution in [0.4, 0.5) is 0 Å². The molecule has 0 aromatic rings. The lowest BCUT2D eigenvalue weighted by Gasteiger charge is -2.31. The van der Waals surface area contributed by atoms with Gasteiger partial charge in [0.15, 0.2) is 0 Å². The lowest BCUT2D eigenvalue weighted by molar-refractivity contribution is -0.122. The Morgan fingerprint density at radius 2 is 1.81 bits per heavy atom. The Balaban J connectivity index is 0.00000128. The zero-order valence-electron chi connectivity index (χ0n) is 9.87. The molecule has 0 atom stereocenters. The van der Waals surface area contributed by atoms with Crippen LogP contribution < -0.4 is 10.6 Å². The monoisotopic (exact) mass is 247 g/mol. The Kier molecular flexibility index (Phi) is 5.52. The molecule has 16 heavy (non-hydrogen) atoms. The van der Waals surface area contributed by atoms with E-state index in [-0.39, 0.29) is 18.3 Å². The number of carbonyl (C=O) groups is 1. The molecular weight excluding hydrogens is 226 g/mol. The molecule has 2 aliphatic rings. The van der Waals surface area contributed by atoms with Crippen molar-refractivity contribution in [1.82, 2.24) is 15.5 Å². The molecule has 0 bridgehead atoms. The summed E-state index contributed by atoms with van der Waals surface area (Å²) in [5.74, 6) is 0.209. The molecule has 1 aliphatic heterocycles. The van der Waals surface area contributed by atoms with Crippen LogP contribution in [0.2, 0.25) is 0 Å². The molecule has 1 heterocycles. The van der Waals surface area contributed by atoms with Crippen molar-refractivity contribution in [2.75, 3.05) is 26.7 Å². The third kappa shape index (κ3) is 4.28. The van der Waals surface area contributed by atoms with Crippen molar-refractivity contribution in [3.8, 4) is 0 Å². The second-order valence-electron chi connectivity index (χ2n) is 4.68. The molecule has 0 aromatic heterocycles. The van der Waals surface area contributed by atoms with Gasteiger partial charge in [-0.1, -0.05) is 0 Å². The van der Waals surface area contributed by atoms with Gasteiger partial charge in [0.05, 0.1) is 6.54 Å². The first-order valence-corrected chi connectivity index (χ1v) is 5.97. The largest absolute Gasteiger partial charge is 0.352 e. The molecule has 1 amide bonds. The lowest BCUT2D eigenvalue weighted by atomic mass is 10.1. The standard InChI is InChI=1S/C11H21N3O.ClH/c1-12-9-4-6-14(7-5-9)8-11(15)13-10-2-3-10;/h9-10,12H,2-8H2,1H3,(H,13,15);1H. The number of amides is 1. The van der Waals surface area contributed by atoms with Crippen molar-refractivity contribution in [2.45, 2.75) is 37.8 Å². The van der Waals surface area contributed by atoms with Gasteiger partial charge in [-0.2, -0.15) is 0 Å². The van der Waals surface area contributed by atoms with Gasteiger partial charge in [-0.05, 0) is 32.7 Å². The summed E-state index contributed by atoms with van der Waals surface area (Å²) in [6.45, 7) is 2.68. The van der Waals surface area contributed by atoms with Crippen LogP contribution in [0.25, 0.3) is 0 Å². The highest BCUT2D eigenvalue weighted by molar-refractivity contribution is 5.85. The van der Waals surface area contributed by atoms with Gasteiger partial charge in [-0.25, -0.2) is 0 Å². The maximum absolute atomic E-state index is 11.5. The Bertz CT molecular complexity index is 225. The van der Waals surface area contributed by atoms with E-state index >= 15 is 0 Å². The fourth-order valence-corrected chi connectivity index (χ4v) is 2.08. The van der Waals surface area contributed by atoms with Crippen LogP contribution in [-0.2, 0) is 4.79 Å². The van der Waals surface area contributed by atoms with E-state index in [1.165, 1.54) is 12.8 Å². The zero-order valence-corrected chi connectivity index (χ0v) is 10.7. The number of piperidine rings is 1. The van der Waals surface area contributed by atoms with Crippen molar-refractivity contribution < 1.29 is 4.79 Å². The number of nitrogens with one attached hydrogen (secondary N) is 2. The van der Waals surface area contributed by atoms with E-state index in [1.807, 2.05) is 7.05 Å². The average Bonchev–Trinajstić information content (AvgIpc) is 3.03. The van der Waals surface area contributed by atoms with E-state index in [0.717, 1.165) is 25.9 Å². The fraction of sp³-hybridized carbons (Fsp3) is 0.909. The van der Waals surface area contributed by atoms with Crippen LogP contribution in [-0.4, -0.2) is 49.6 Å². The van der Waals surface area contributed by atoms with Crippen LogP contribution in [0.3, 0.4) is 0 Å². The van der Waals surface area contributed by atoms with E-state index in [2.05, 4.69) is 15.5 Å². The SMILES string of the molecule is CNC1CCN(CC(=O)NC2CC2)CC1.Cl. The minimum atomic E-state index is 0. The van der Waals surface area contributed by atoms with Crippen molar-refractivity contribution in [3.05, 3.63) is 0 Å². The predicted octanol–water partition coefficient (Wildman–Crippen LogP) is 0.371. The molecule has 1 saturated heterocycles. The fourth-order valence-electron chi connectivity index (χ4n) is 2.08. The Hall–Kier alpha value is -0.320. The van der Waals surface area contributed by atoms with E-state index in [0.29, 0.717) is 18.6 Å². The number of nitrogens with zero attached hydrogens (tertiary/aromatic N) is 1. The average molecular weight is 248 g/mol. The minimum absolute atomic E-state index is 0. The topological polar surface area (TPSA) is 44.4 Å². The highest BCUT2D eigenvalue weighted by Crippen LogP contribution is 2.18. The van der Waals surface area contributed by atoms with Gasteiger partial charge in [0, 0.05) is 25.2 Å². The van der Waals surface area contributed by atoms with Gasteiger partial charge in [0.1, 0.15) is 0 Å². The summed E-state index contributed by atoms with van der Waals surface area (Å²) in [7, 11) is 2.01. The molecule has 0 aromatic carbocycles. The van der Waals surface area contributed by atoms with Crippen LogP contribution >= 0.6 is 12.4 Å². The zero-order chi connectivity index (χ0) is 10.7. The van der Waals surface area contributed by atoms with E-state index < -0.39 is 0 Å². The summed E-state index contributed by atoms with van der Waals surface area (Å²) < 4.78 is 0. The minimum Gasteiger partial charge on any atom is -0.352 e. The molecule has 0 unspecified atom stereocenters. The molecule has 4 nitrogen and oxygen atoms in total. The number of carbonyl (C=O) groups excluding carboxylic acids is 1. The summed E-state index contributed by atoms with van der Waals surface area (Å²) in [6, 6.07) is 1.14. The Morgan fingerprint density at radius 1 is 1.19 bits per heavy atom. The predicted molar refractivity (Wildman–Crippen MR) is 66.9 cm³/mol. The van der Waals surface area contributed by atoms with E-state index in [4.69, 9.17) is 0 Å². The van der Waals surface area contributed by atoms with E-state index in [9.17, 15) is 4.79 Å². The highest BCUT2D eigenvalue weighted by atomic mass is 35.5. The third-order valence-electron chi connectivity index (χ3n) is 3.31. The molecule has 0 radical (unpaired) electrons. The number of hydrogen-bond acceptors (Lipinski definition) is 3. The molecule has 94 valence electrons. The first-order valence-electron chi connectivity index (χ1n) is 5.97. The van der Waals surface area contributed by atoms with Gasteiger partial charge in [-0.15, -0.1) is 12.4 Å². The van der Waals surface area contributed by atoms with Crippen LogP contribution in [0.1, 0.15) is 25.7 Å². The molecule has 1 saturated carbocycles. The molecule has 0 spiro atoms.